The molecule has 2 N–H and O–H groups in total. The van der Waals surface area contributed by atoms with Crippen LogP contribution >= 0.6 is 22.6 Å². The molecule has 1 unspecified atom stereocenters. The minimum Gasteiger partial charge on any atom is -0.320 e. The van der Waals surface area contributed by atoms with Crippen LogP contribution in [0.4, 0.5) is 0 Å². The second kappa shape index (κ2) is 5.63. The van der Waals surface area contributed by atoms with Gasteiger partial charge >= 0.3 is 0 Å². The molecule has 1 aliphatic rings. The normalized spacial score (nSPS) is 15.9. The molecule has 0 saturated heterocycles. The van der Waals surface area contributed by atoms with E-state index in [1.807, 2.05) is 0 Å². The molecule has 0 radical (unpaired) electrons. The first-order chi connectivity index (χ1) is 9.25. The third-order valence-electron chi connectivity index (χ3n) is 3.97. The number of fused-ring (bicyclic) bond motifs is 1. The molecule has 98 valence electrons. The van der Waals surface area contributed by atoms with Crippen LogP contribution in [-0.2, 0) is 12.8 Å². The summed E-state index contributed by atoms with van der Waals surface area (Å²) in [4.78, 5) is 0. The largest absolute Gasteiger partial charge is 0.320 e. The Balaban J connectivity index is 1.96. The van der Waals surface area contributed by atoms with E-state index in [9.17, 15) is 0 Å². The topological polar surface area (TPSA) is 26.0 Å². The smallest absolute Gasteiger partial charge is 0.0562 e. The predicted molar refractivity (Wildman–Crippen MR) is 88.3 cm³/mol. The summed E-state index contributed by atoms with van der Waals surface area (Å²) in [5.74, 6) is 0. The lowest BCUT2D eigenvalue weighted by Crippen LogP contribution is -2.14. The highest BCUT2D eigenvalue weighted by molar-refractivity contribution is 14.1. The fourth-order valence-corrected chi connectivity index (χ4v) is 3.58. The van der Waals surface area contributed by atoms with Crippen LogP contribution in [-0.4, -0.2) is 0 Å². The Morgan fingerprint density at radius 3 is 2.47 bits per heavy atom. The van der Waals surface area contributed by atoms with Crippen LogP contribution in [0.5, 0.6) is 0 Å². The van der Waals surface area contributed by atoms with Gasteiger partial charge in [-0.25, -0.2) is 0 Å². The van der Waals surface area contributed by atoms with Gasteiger partial charge in [-0.2, -0.15) is 0 Å². The molecule has 1 atom stereocenters. The van der Waals surface area contributed by atoms with Crippen molar-refractivity contribution in [3.8, 4) is 0 Å². The van der Waals surface area contributed by atoms with Crippen LogP contribution in [0.1, 0.15) is 41.1 Å². The van der Waals surface area contributed by atoms with Gasteiger partial charge < -0.3 is 5.73 Å². The van der Waals surface area contributed by atoms with Gasteiger partial charge in [0.15, 0.2) is 0 Å². The maximum absolute atomic E-state index is 6.45. The van der Waals surface area contributed by atoms with Crippen molar-refractivity contribution in [2.75, 3.05) is 0 Å². The highest BCUT2D eigenvalue weighted by atomic mass is 127. The fraction of sp³-hybridized carbons (Fsp3) is 0.294. The van der Waals surface area contributed by atoms with Gasteiger partial charge in [-0.3, -0.25) is 0 Å². The van der Waals surface area contributed by atoms with Crippen molar-refractivity contribution in [3.05, 3.63) is 68.3 Å². The zero-order valence-corrected chi connectivity index (χ0v) is 13.1. The minimum absolute atomic E-state index is 0.0136. The zero-order chi connectivity index (χ0) is 13.2. The van der Waals surface area contributed by atoms with Crippen molar-refractivity contribution in [1.29, 1.82) is 0 Å². The number of rotatable bonds is 2. The second-order valence-electron chi connectivity index (χ2n) is 5.23. The third-order valence-corrected chi connectivity index (χ3v) is 4.95. The molecule has 0 aliphatic heterocycles. The van der Waals surface area contributed by atoms with Gasteiger partial charge in [0.2, 0.25) is 0 Å². The Morgan fingerprint density at radius 2 is 1.68 bits per heavy atom. The van der Waals surface area contributed by atoms with Gasteiger partial charge in [0.25, 0.3) is 0 Å². The lowest BCUT2D eigenvalue weighted by molar-refractivity contribution is 0.682. The summed E-state index contributed by atoms with van der Waals surface area (Å²) in [6.07, 6.45) is 5.08. The predicted octanol–water partition coefficient (Wildman–Crippen LogP) is 4.22. The van der Waals surface area contributed by atoms with Gasteiger partial charge in [-0.1, -0.05) is 36.4 Å². The summed E-state index contributed by atoms with van der Waals surface area (Å²) in [7, 11) is 0. The SMILES string of the molecule is NC(c1ccc2c(c1)CCCC2)c1ccccc1I. The van der Waals surface area contributed by atoms with E-state index in [1.165, 1.54) is 51.5 Å². The van der Waals surface area contributed by atoms with E-state index in [2.05, 4.69) is 65.1 Å². The Hall–Kier alpha value is -0.870. The van der Waals surface area contributed by atoms with E-state index in [1.54, 1.807) is 0 Å². The first kappa shape index (κ1) is 13.1. The van der Waals surface area contributed by atoms with Gasteiger partial charge in [0.05, 0.1) is 6.04 Å². The molecule has 0 spiro atoms. The van der Waals surface area contributed by atoms with Crippen molar-refractivity contribution in [1.82, 2.24) is 0 Å². The molecule has 2 heteroatoms. The lowest BCUT2D eigenvalue weighted by Gasteiger charge is -2.20. The average Bonchev–Trinajstić information content (AvgIpc) is 2.46. The van der Waals surface area contributed by atoms with Crippen LogP contribution in [0.25, 0.3) is 0 Å². The molecule has 0 aromatic heterocycles. The fourth-order valence-electron chi connectivity index (χ4n) is 2.85. The molecule has 2 aromatic carbocycles. The molecule has 0 amide bonds. The average molecular weight is 363 g/mol. The molecule has 0 bridgehead atoms. The highest BCUT2D eigenvalue weighted by Crippen LogP contribution is 2.28. The van der Waals surface area contributed by atoms with Crippen molar-refractivity contribution >= 4 is 22.6 Å². The number of halogens is 1. The van der Waals surface area contributed by atoms with Crippen molar-refractivity contribution < 1.29 is 0 Å². The Morgan fingerprint density at radius 1 is 0.947 bits per heavy atom. The van der Waals surface area contributed by atoms with Crippen LogP contribution < -0.4 is 5.73 Å². The van der Waals surface area contributed by atoms with Crippen molar-refractivity contribution in [2.45, 2.75) is 31.7 Å². The zero-order valence-electron chi connectivity index (χ0n) is 10.9. The molecule has 1 nitrogen and oxygen atoms in total. The number of aryl methyl sites for hydroxylation is 2. The van der Waals surface area contributed by atoms with Gasteiger partial charge in [0.1, 0.15) is 0 Å². The molecule has 0 saturated carbocycles. The van der Waals surface area contributed by atoms with E-state index in [4.69, 9.17) is 5.73 Å². The number of nitrogens with two attached hydrogens (primary N) is 1. The summed E-state index contributed by atoms with van der Waals surface area (Å²) in [6.45, 7) is 0. The van der Waals surface area contributed by atoms with Crippen molar-refractivity contribution in [2.24, 2.45) is 5.73 Å². The lowest BCUT2D eigenvalue weighted by atomic mass is 9.88. The third kappa shape index (κ3) is 2.70. The Bertz CT molecular complexity index is 592. The van der Waals surface area contributed by atoms with Crippen LogP contribution in [0.15, 0.2) is 42.5 Å². The van der Waals surface area contributed by atoms with E-state index < -0.39 is 0 Å². The molecule has 19 heavy (non-hydrogen) atoms. The summed E-state index contributed by atoms with van der Waals surface area (Å²) in [5.41, 5.74) is 11.9. The number of hydrogen-bond acceptors (Lipinski definition) is 1. The molecular formula is C17H18IN. The molecule has 0 fully saturated rings. The van der Waals surface area contributed by atoms with E-state index in [0.717, 1.165) is 0 Å². The quantitative estimate of drug-likeness (QED) is 0.795. The second-order valence-corrected chi connectivity index (χ2v) is 6.40. The number of hydrogen-bond donors (Lipinski definition) is 1. The van der Waals surface area contributed by atoms with E-state index in [-0.39, 0.29) is 6.04 Å². The minimum atomic E-state index is -0.0136. The first-order valence-electron chi connectivity index (χ1n) is 6.87. The molecule has 1 aliphatic carbocycles. The number of benzene rings is 2. The first-order valence-corrected chi connectivity index (χ1v) is 7.95. The summed E-state index contributed by atoms with van der Waals surface area (Å²) >= 11 is 2.37. The maximum atomic E-state index is 6.45. The van der Waals surface area contributed by atoms with Crippen LogP contribution in [0, 0.1) is 3.57 Å². The Kier molecular flexibility index (Phi) is 3.89. The van der Waals surface area contributed by atoms with Gasteiger partial charge in [0, 0.05) is 3.57 Å². The van der Waals surface area contributed by atoms with Crippen molar-refractivity contribution in [3.63, 3.8) is 0 Å². The van der Waals surface area contributed by atoms with E-state index >= 15 is 0 Å². The van der Waals surface area contributed by atoms with Crippen LogP contribution in [0.3, 0.4) is 0 Å². The summed E-state index contributed by atoms with van der Waals surface area (Å²) < 4.78 is 1.24. The standard InChI is InChI=1S/C17H18IN/c18-16-8-4-3-7-15(16)17(19)14-10-9-12-5-1-2-6-13(12)11-14/h3-4,7-11,17H,1-2,5-6,19H2. The molecule has 3 rings (SSSR count). The highest BCUT2D eigenvalue weighted by Gasteiger charge is 2.15. The summed E-state index contributed by atoms with van der Waals surface area (Å²) in [5, 5.41) is 0. The van der Waals surface area contributed by atoms with Gasteiger partial charge in [-0.15, -0.1) is 0 Å². The van der Waals surface area contributed by atoms with Crippen LogP contribution in [0.2, 0.25) is 0 Å². The molecule has 2 aromatic rings. The Labute approximate surface area is 128 Å². The van der Waals surface area contributed by atoms with E-state index in [0.29, 0.717) is 0 Å². The van der Waals surface area contributed by atoms with Gasteiger partial charge in [-0.05, 0) is 76.6 Å². The maximum Gasteiger partial charge on any atom is 0.0562 e. The summed E-state index contributed by atoms with van der Waals surface area (Å²) in [6, 6.07) is 15.2. The molecule has 0 heterocycles. The monoisotopic (exact) mass is 363 g/mol. The molecular weight excluding hydrogens is 345 g/mol.